The van der Waals surface area contributed by atoms with Crippen LogP contribution in [0.15, 0.2) is 12.4 Å². The van der Waals surface area contributed by atoms with E-state index in [1.54, 1.807) is 4.52 Å². The molecule has 0 aromatic carbocycles. The van der Waals surface area contributed by atoms with Gasteiger partial charge in [0.1, 0.15) is 11.2 Å². The molecule has 0 radical (unpaired) electrons. The predicted molar refractivity (Wildman–Crippen MR) is 64.0 cm³/mol. The van der Waals surface area contributed by atoms with Gasteiger partial charge in [0.25, 0.3) is 5.91 Å². The molecule has 0 atom stereocenters. The van der Waals surface area contributed by atoms with Crippen LogP contribution < -0.4 is 5.73 Å². The Hall–Kier alpha value is -1.78. The van der Waals surface area contributed by atoms with E-state index in [1.807, 2.05) is 23.9 Å². The van der Waals surface area contributed by atoms with Crippen LogP contribution in [0.3, 0.4) is 0 Å². The molecule has 5 nitrogen and oxygen atoms in total. The standard InChI is InChI=1S/C12H16N4O/c1-2-15-6-7-16-12(15)9(11(13)17)10(14-16)8-4-3-5-8/h6-8H,2-5H2,1H3,(H2,13,17). The maximum Gasteiger partial charge on any atom is 0.254 e. The van der Waals surface area contributed by atoms with Crippen molar-refractivity contribution in [3.63, 3.8) is 0 Å². The van der Waals surface area contributed by atoms with Crippen LogP contribution in [0.5, 0.6) is 0 Å². The number of amides is 1. The molecule has 0 spiro atoms. The number of hydrogen-bond acceptors (Lipinski definition) is 2. The molecule has 5 heteroatoms. The molecule has 2 heterocycles. The van der Waals surface area contributed by atoms with Gasteiger partial charge in [-0.3, -0.25) is 4.79 Å². The van der Waals surface area contributed by atoms with Gasteiger partial charge in [0.05, 0.1) is 5.69 Å². The summed E-state index contributed by atoms with van der Waals surface area (Å²) in [5.74, 6) is 0.0537. The number of nitrogens with two attached hydrogens (primary N) is 1. The molecule has 2 aromatic rings. The fourth-order valence-electron chi connectivity index (χ4n) is 2.49. The van der Waals surface area contributed by atoms with Crippen molar-refractivity contribution in [2.24, 2.45) is 5.73 Å². The number of primary amides is 1. The highest BCUT2D eigenvalue weighted by Crippen LogP contribution is 2.38. The molecular formula is C12H16N4O. The van der Waals surface area contributed by atoms with Gasteiger partial charge in [-0.15, -0.1) is 0 Å². The Morgan fingerprint density at radius 2 is 2.29 bits per heavy atom. The Labute approximate surface area is 99.2 Å². The predicted octanol–water partition coefficient (Wildman–Crippen LogP) is 1.52. The van der Waals surface area contributed by atoms with Crippen molar-refractivity contribution in [2.75, 3.05) is 0 Å². The topological polar surface area (TPSA) is 65.3 Å². The van der Waals surface area contributed by atoms with Gasteiger partial charge in [-0.2, -0.15) is 5.10 Å². The van der Waals surface area contributed by atoms with E-state index in [2.05, 4.69) is 5.10 Å². The third-order valence-corrected chi connectivity index (χ3v) is 3.65. The lowest BCUT2D eigenvalue weighted by Crippen LogP contribution is -2.18. The van der Waals surface area contributed by atoms with Crippen LogP contribution in [0.25, 0.3) is 5.65 Å². The van der Waals surface area contributed by atoms with Crippen LogP contribution in [-0.2, 0) is 6.54 Å². The van der Waals surface area contributed by atoms with E-state index in [9.17, 15) is 4.79 Å². The molecule has 1 fully saturated rings. The van der Waals surface area contributed by atoms with E-state index in [4.69, 9.17) is 5.73 Å². The normalized spacial score (nSPS) is 16.3. The third kappa shape index (κ3) is 1.38. The molecular weight excluding hydrogens is 216 g/mol. The van der Waals surface area contributed by atoms with Crippen LogP contribution in [0.2, 0.25) is 0 Å². The van der Waals surface area contributed by atoms with Gasteiger partial charge in [-0.25, -0.2) is 4.52 Å². The van der Waals surface area contributed by atoms with Gasteiger partial charge in [0, 0.05) is 24.9 Å². The Balaban J connectivity index is 2.24. The highest BCUT2D eigenvalue weighted by molar-refractivity contribution is 6.00. The van der Waals surface area contributed by atoms with Crippen LogP contribution >= 0.6 is 0 Å². The Kier molecular flexibility index (Phi) is 2.21. The molecule has 0 saturated heterocycles. The number of rotatable bonds is 3. The number of hydrogen-bond donors (Lipinski definition) is 1. The first-order chi connectivity index (χ1) is 8.22. The molecule has 2 N–H and O–H groups in total. The second-order valence-electron chi connectivity index (χ2n) is 4.60. The summed E-state index contributed by atoms with van der Waals surface area (Å²) >= 11 is 0. The van der Waals surface area contributed by atoms with Gasteiger partial charge in [0.2, 0.25) is 0 Å². The fourth-order valence-corrected chi connectivity index (χ4v) is 2.49. The first-order valence-corrected chi connectivity index (χ1v) is 6.09. The first kappa shape index (κ1) is 10.4. The lowest BCUT2D eigenvalue weighted by atomic mass is 9.81. The van der Waals surface area contributed by atoms with E-state index >= 15 is 0 Å². The van der Waals surface area contributed by atoms with Crippen LogP contribution in [-0.4, -0.2) is 20.1 Å². The van der Waals surface area contributed by atoms with Crippen molar-refractivity contribution in [3.05, 3.63) is 23.7 Å². The van der Waals surface area contributed by atoms with Crippen LogP contribution in [0, 0.1) is 0 Å². The van der Waals surface area contributed by atoms with Crippen molar-refractivity contribution in [1.29, 1.82) is 0 Å². The monoisotopic (exact) mass is 232 g/mol. The first-order valence-electron chi connectivity index (χ1n) is 6.09. The second-order valence-corrected chi connectivity index (χ2v) is 4.60. The average molecular weight is 232 g/mol. The number of fused-ring (bicyclic) bond motifs is 1. The molecule has 17 heavy (non-hydrogen) atoms. The number of imidazole rings is 1. The molecule has 1 aliphatic carbocycles. The van der Waals surface area contributed by atoms with E-state index in [0.717, 1.165) is 30.7 Å². The van der Waals surface area contributed by atoms with Crippen molar-refractivity contribution in [2.45, 2.75) is 38.6 Å². The Morgan fingerprint density at radius 1 is 1.53 bits per heavy atom. The second kappa shape index (κ2) is 3.61. The molecule has 0 bridgehead atoms. The van der Waals surface area contributed by atoms with E-state index in [0.29, 0.717) is 11.5 Å². The number of nitrogens with zero attached hydrogens (tertiary/aromatic N) is 3. The number of carbonyl (C=O) groups excluding carboxylic acids is 1. The van der Waals surface area contributed by atoms with Gasteiger partial charge in [-0.05, 0) is 19.8 Å². The van der Waals surface area contributed by atoms with Crippen molar-refractivity contribution in [3.8, 4) is 0 Å². The summed E-state index contributed by atoms with van der Waals surface area (Å²) in [5.41, 5.74) is 7.86. The highest BCUT2D eigenvalue weighted by Gasteiger charge is 2.29. The zero-order chi connectivity index (χ0) is 12.0. The SMILES string of the molecule is CCn1ccn2nc(C3CCC3)c(C(N)=O)c12. The summed E-state index contributed by atoms with van der Waals surface area (Å²) in [7, 11) is 0. The lowest BCUT2D eigenvalue weighted by Gasteiger charge is -2.23. The Morgan fingerprint density at radius 3 is 2.82 bits per heavy atom. The van der Waals surface area contributed by atoms with Crippen molar-refractivity contribution < 1.29 is 4.79 Å². The third-order valence-electron chi connectivity index (χ3n) is 3.65. The minimum absolute atomic E-state index is 0.365. The van der Waals surface area contributed by atoms with Crippen molar-refractivity contribution in [1.82, 2.24) is 14.2 Å². The molecule has 2 aromatic heterocycles. The molecule has 1 aliphatic rings. The van der Waals surface area contributed by atoms with E-state index in [-0.39, 0.29) is 5.91 Å². The van der Waals surface area contributed by atoms with E-state index < -0.39 is 0 Å². The smallest absolute Gasteiger partial charge is 0.254 e. The summed E-state index contributed by atoms with van der Waals surface area (Å²) < 4.78 is 3.78. The van der Waals surface area contributed by atoms with Crippen LogP contribution in [0.1, 0.15) is 48.2 Å². The van der Waals surface area contributed by atoms with Crippen LogP contribution in [0.4, 0.5) is 0 Å². The minimum Gasteiger partial charge on any atom is -0.365 e. The summed E-state index contributed by atoms with van der Waals surface area (Å²) in [5, 5.41) is 4.52. The van der Waals surface area contributed by atoms with Crippen molar-refractivity contribution >= 4 is 11.6 Å². The maximum absolute atomic E-state index is 11.7. The maximum atomic E-state index is 11.7. The molecule has 0 unspecified atom stereocenters. The summed E-state index contributed by atoms with van der Waals surface area (Å²) in [6.45, 7) is 2.85. The lowest BCUT2D eigenvalue weighted by molar-refractivity contribution is 0.0999. The molecule has 1 amide bonds. The molecule has 90 valence electrons. The molecule has 1 saturated carbocycles. The van der Waals surface area contributed by atoms with Gasteiger partial charge < -0.3 is 10.3 Å². The summed E-state index contributed by atoms with van der Waals surface area (Å²) in [6.07, 6.45) is 7.27. The largest absolute Gasteiger partial charge is 0.365 e. The molecule has 0 aliphatic heterocycles. The number of aromatic nitrogens is 3. The van der Waals surface area contributed by atoms with Gasteiger partial charge in [-0.1, -0.05) is 6.42 Å². The summed E-state index contributed by atoms with van der Waals surface area (Å²) in [4.78, 5) is 11.7. The number of aryl methyl sites for hydroxylation is 1. The van der Waals surface area contributed by atoms with E-state index in [1.165, 1.54) is 6.42 Å². The zero-order valence-corrected chi connectivity index (χ0v) is 9.89. The zero-order valence-electron chi connectivity index (χ0n) is 9.89. The number of carbonyl (C=O) groups is 1. The Bertz CT molecular complexity index is 577. The minimum atomic E-state index is -0.365. The average Bonchev–Trinajstić information content (AvgIpc) is 2.72. The molecule has 3 rings (SSSR count). The summed E-state index contributed by atoms with van der Waals surface area (Å²) in [6, 6.07) is 0. The highest BCUT2D eigenvalue weighted by atomic mass is 16.1. The van der Waals surface area contributed by atoms with Gasteiger partial charge in [0.15, 0.2) is 0 Å². The quantitative estimate of drug-likeness (QED) is 0.872. The van der Waals surface area contributed by atoms with Gasteiger partial charge >= 0.3 is 0 Å². The fraction of sp³-hybridized carbons (Fsp3) is 0.500.